The Morgan fingerprint density at radius 3 is 2.42 bits per heavy atom. The van der Waals surface area contributed by atoms with Crippen LogP contribution in [0, 0.1) is 0 Å². The van der Waals surface area contributed by atoms with Crippen LogP contribution in [0.25, 0.3) is 0 Å². The fourth-order valence-corrected chi connectivity index (χ4v) is 2.18. The van der Waals surface area contributed by atoms with Crippen molar-refractivity contribution in [2.24, 2.45) is 4.99 Å². The Hall–Kier alpha value is -1.78. The van der Waals surface area contributed by atoms with E-state index in [1.807, 2.05) is 13.0 Å². The van der Waals surface area contributed by atoms with Crippen LogP contribution in [0.15, 0.2) is 39.8 Å². The molecule has 1 heterocycles. The molecule has 1 aromatic carbocycles. The Morgan fingerprint density at radius 2 is 1.88 bits per heavy atom. The van der Waals surface area contributed by atoms with Crippen LogP contribution in [0.1, 0.15) is 29.5 Å². The topological polar surface area (TPSA) is 62.5 Å². The summed E-state index contributed by atoms with van der Waals surface area (Å²) < 4.78 is 42.7. The molecule has 5 nitrogen and oxygen atoms in total. The second-order valence-corrected chi connectivity index (χ2v) is 5.44. The van der Waals surface area contributed by atoms with Crippen LogP contribution in [0.4, 0.5) is 13.2 Å². The Morgan fingerprint density at radius 1 is 1.19 bits per heavy atom. The number of aryl methyl sites for hydroxylation is 1. The number of alkyl halides is 3. The van der Waals surface area contributed by atoms with E-state index in [9.17, 15) is 13.2 Å². The first kappa shape index (κ1) is 22.3. The van der Waals surface area contributed by atoms with Gasteiger partial charge in [0.05, 0.1) is 17.8 Å². The van der Waals surface area contributed by atoms with Crippen molar-refractivity contribution < 1.29 is 17.7 Å². The van der Waals surface area contributed by atoms with E-state index in [4.69, 9.17) is 4.52 Å². The molecule has 26 heavy (non-hydrogen) atoms. The number of nitrogens with zero attached hydrogens (tertiary/aromatic N) is 2. The summed E-state index contributed by atoms with van der Waals surface area (Å²) in [5, 5.41) is 10.1. The number of aromatic nitrogens is 1. The van der Waals surface area contributed by atoms with Crippen LogP contribution in [0.5, 0.6) is 0 Å². The summed E-state index contributed by atoms with van der Waals surface area (Å²) in [5.41, 5.74) is 1.07. The van der Waals surface area contributed by atoms with E-state index in [0.29, 0.717) is 31.2 Å². The van der Waals surface area contributed by atoms with Gasteiger partial charge in [-0.05, 0) is 30.5 Å². The van der Waals surface area contributed by atoms with Crippen molar-refractivity contribution in [1.82, 2.24) is 15.8 Å². The number of halogens is 4. The number of nitrogens with one attached hydrogen (secondary N) is 2. The zero-order valence-electron chi connectivity index (χ0n) is 14.6. The van der Waals surface area contributed by atoms with Crippen molar-refractivity contribution in [3.05, 3.63) is 52.9 Å². The standard InChI is InChI=1S/C17H21F3N4O.HI/c1-3-14-10-15(25-24-14)11-23-16(21-2)22-9-8-12-4-6-13(7-5-12)17(18,19)20;/h4-7,10H,3,8-9,11H2,1-2H3,(H2,21,22,23);1H. The quantitative estimate of drug-likeness (QED) is 0.374. The highest BCUT2D eigenvalue weighted by Gasteiger charge is 2.29. The summed E-state index contributed by atoms with van der Waals surface area (Å²) in [6.45, 7) is 2.99. The summed E-state index contributed by atoms with van der Waals surface area (Å²) in [6.07, 6.45) is -2.91. The molecule has 1 aromatic heterocycles. The summed E-state index contributed by atoms with van der Waals surface area (Å²) in [6, 6.07) is 7.04. The highest BCUT2D eigenvalue weighted by molar-refractivity contribution is 14.0. The maximum atomic E-state index is 12.5. The van der Waals surface area contributed by atoms with Crippen molar-refractivity contribution in [2.45, 2.75) is 32.5 Å². The minimum absolute atomic E-state index is 0. The molecule has 0 aliphatic carbocycles. The molecule has 144 valence electrons. The van der Waals surface area contributed by atoms with Gasteiger partial charge >= 0.3 is 6.18 Å². The lowest BCUT2D eigenvalue weighted by Gasteiger charge is -2.11. The molecule has 0 bridgehead atoms. The molecular formula is C17H22F3IN4O. The lowest BCUT2D eigenvalue weighted by Crippen LogP contribution is -2.37. The van der Waals surface area contributed by atoms with Crippen LogP contribution >= 0.6 is 24.0 Å². The van der Waals surface area contributed by atoms with E-state index in [-0.39, 0.29) is 24.0 Å². The van der Waals surface area contributed by atoms with Crippen LogP contribution in [-0.4, -0.2) is 24.7 Å². The second kappa shape index (κ2) is 10.4. The van der Waals surface area contributed by atoms with Crippen LogP contribution < -0.4 is 10.6 Å². The minimum atomic E-state index is -4.30. The Bertz CT molecular complexity index is 699. The number of hydrogen-bond donors (Lipinski definition) is 2. The van der Waals surface area contributed by atoms with Crippen LogP contribution in [0.2, 0.25) is 0 Å². The predicted octanol–water partition coefficient (Wildman–Crippen LogP) is 3.78. The lowest BCUT2D eigenvalue weighted by atomic mass is 10.1. The summed E-state index contributed by atoms with van der Waals surface area (Å²) >= 11 is 0. The molecule has 0 spiro atoms. The van der Waals surface area contributed by atoms with Gasteiger partial charge in [0.15, 0.2) is 11.7 Å². The van der Waals surface area contributed by atoms with E-state index in [1.165, 1.54) is 12.1 Å². The minimum Gasteiger partial charge on any atom is -0.359 e. The number of rotatable bonds is 6. The average molecular weight is 482 g/mol. The Balaban J connectivity index is 0.00000338. The predicted molar refractivity (Wildman–Crippen MR) is 105 cm³/mol. The number of aliphatic imine (C=N–C) groups is 1. The highest BCUT2D eigenvalue weighted by atomic mass is 127. The van der Waals surface area contributed by atoms with E-state index >= 15 is 0 Å². The Labute approximate surface area is 167 Å². The maximum absolute atomic E-state index is 12.5. The van der Waals surface area contributed by atoms with E-state index in [0.717, 1.165) is 29.8 Å². The third kappa shape index (κ3) is 6.85. The van der Waals surface area contributed by atoms with Crippen LogP contribution in [0.3, 0.4) is 0 Å². The first-order valence-electron chi connectivity index (χ1n) is 7.97. The molecule has 2 N–H and O–H groups in total. The monoisotopic (exact) mass is 482 g/mol. The van der Waals surface area contributed by atoms with Crippen molar-refractivity contribution in [2.75, 3.05) is 13.6 Å². The fourth-order valence-electron chi connectivity index (χ4n) is 2.18. The number of hydrogen-bond acceptors (Lipinski definition) is 3. The SMILES string of the molecule is CCc1cc(CNC(=NC)NCCc2ccc(C(F)(F)F)cc2)on1.I. The van der Waals surface area contributed by atoms with Crippen molar-refractivity contribution >= 4 is 29.9 Å². The van der Waals surface area contributed by atoms with Gasteiger partial charge in [-0.2, -0.15) is 13.2 Å². The number of guanidine groups is 1. The third-order valence-corrected chi connectivity index (χ3v) is 3.61. The van der Waals surface area contributed by atoms with Gasteiger partial charge in [0.25, 0.3) is 0 Å². The molecule has 0 fully saturated rings. The molecule has 0 atom stereocenters. The third-order valence-electron chi connectivity index (χ3n) is 3.61. The first-order chi connectivity index (χ1) is 11.9. The van der Waals surface area contributed by atoms with E-state index in [1.54, 1.807) is 7.05 Å². The van der Waals surface area contributed by atoms with Gasteiger partial charge in [-0.1, -0.05) is 24.2 Å². The van der Waals surface area contributed by atoms with Crippen molar-refractivity contribution in [3.63, 3.8) is 0 Å². The molecule has 0 saturated heterocycles. The molecule has 0 unspecified atom stereocenters. The van der Waals surface area contributed by atoms with Gasteiger partial charge in [-0.25, -0.2) is 0 Å². The van der Waals surface area contributed by atoms with Gasteiger partial charge in [0.1, 0.15) is 0 Å². The number of benzene rings is 1. The summed E-state index contributed by atoms with van der Waals surface area (Å²) in [5.74, 6) is 1.30. The Kier molecular flexibility index (Phi) is 8.89. The largest absolute Gasteiger partial charge is 0.416 e. The molecule has 0 amide bonds. The molecule has 2 aromatic rings. The molecule has 0 radical (unpaired) electrons. The van der Waals surface area contributed by atoms with E-state index in [2.05, 4.69) is 20.8 Å². The molecule has 0 saturated carbocycles. The zero-order valence-corrected chi connectivity index (χ0v) is 16.9. The van der Waals surface area contributed by atoms with Gasteiger partial charge in [0, 0.05) is 19.7 Å². The van der Waals surface area contributed by atoms with Crippen LogP contribution in [-0.2, 0) is 25.6 Å². The van der Waals surface area contributed by atoms with Crippen molar-refractivity contribution in [3.8, 4) is 0 Å². The maximum Gasteiger partial charge on any atom is 0.416 e. The zero-order chi connectivity index (χ0) is 18.3. The normalized spacial score (nSPS) is 11.8. The molecule has 0 aliphatic heterocycles. The summed E-state index contributed by atoms with van der Waals surface area (Å²) in [7, 11) is 1.64. The molecule has 9 heteroatoms. The smallest absolute Gasteiger partial charge is 0.359 e. The molecular weight excluding hydrogens is 460 g/mol. The highest BCUT2D eigenvalue weighted by Crippen LogP contribution is 2.29. The van der Waals surface area contributed by atoms with Gasteiger partial charge in [-0.15, -0.1) is 24.0 Å². The fraction of sp³-hybridized carbons (Fsp3) is 0.412. The molecule has 2 rings (SSSR count). The first-order valence-corrected chi connectivity index (χ1v) is 7.97. The van der Waals surface area contributed by atoms with Gasteiger partial charge < -0.3 is 15.2 Å². The second-order valence-electron chi connectivity index (χ2n) is 5.44. The lowest BCUT2D eigenvalue weighted by molar-refractivity contribution is -0.137. The average Bonchev–Trinajstić information content (AvgIpc) is 3.05. The summed E-state index contributed by atoms with van der Waals surface area (Å²) in [4.78, 5) is 4.09. The van der Waals surface area contributed by atoms with Gasteiger partial charge in [0.2, 0.25) is 0 Å². The molecule has 0 aliphatic rings. The van der Waals surface area contributed by atoms with Crippen molar-refractivity contribution in [1.29, 1.82) is 0 Å². The van der Waals surface area contributed by atoms with E-state index < -0.39 is 11.7 Å². The van der Waals surface area contributed by atoms with Gasteiger partial charge in [-0.3, -0.25) is 4.99 Å².